The van der Waals surface area contributed by atoms with Gasteiger partial charge in [-0.05, 0) is 38.8 Å². The molecule has 1 aromatic rings. The van der Waals surface area contributed by atoms with Gasteiger partial charge in [-0.25, -0.2) is 0 Å². The Morgan fingerprint density at radius 1 is 1.50 bits per heavy atom. The number of hydrogen-bond acceptors (Lipinski definition) is 3. The van der Waals surface area contributed by atoms with Crippen LogP contribution in [0.3, 0.4) is 0 Å². The number of pyridine rings is 1. The summed E-state index contributed by atoms with van der Waals surface area (Å²) in [6.07, 6.45) is 2.83. The lowest BCUT2D eigenvalue weighted by Gasteiger charge is -2.22. The second kappa shape index (κ2) is 5.21. The van der Waals surface area contributed by atoms with Gasteiger partial charge >= 0.3 is 0 Å². The van der Waals surface area contributed by atoms with E-state index in [1.807, 2.05) is 32.9 Å². The van der Waals surface area contributed by atoms with Crippen molar-refractivity contribution in [3.05, 3.63) is 29.6 Å². The molecule has 0 N–H and O–H groups in total. The van der Waals surface area contributed by atoms with E-state index in [1.165, 1.54) is 0 Å². The SMILES string of the molecule is COC(C)(C)CCC(=O)c1ncccc1C. The number of ether oxygens (including phenoxy) is 1. The molecular weight excluding hydrogens is 202 g/mol. The predicted octanol–water partition coefficient (Wildman–Crippen LogP) is 2.78. The zero-order valence-corrected chi connectivity index (χ0v) is 10.4. The fraction of sp³-hybridized carbons (Fsp3) is 0.538. The minimum atomic E-state index is -0.252. The van der Waals surface area contributed by atoms with Crippen LogP contribution in [-0.2, 0) is 4.74 Å². The zero-order chi connectivity index (χ0) is 12.2. The van der Waals surface area contributed by atoms with Crippen LogP contribution < -0.4 is 0 Å². The molecule has 0 saturated carbocycles. The van der Waals surface area contributed by atoms with Crippen molar-refractivity contribution < 1.29 is 9.53 Å². The third-order valence-corrected chi connectivity index (χ3v) is 2.78. The Bertz CT molecular complexity index is 372. The summed E-state index contributed by atoms with van der Waals surface area (Å²) in [4.78, 5) is 16.0. The summed E-state index contributed by atoms with van der Waals surface area (Å²) >= 11 is 0. The minimum absolute atomic E-state index is 0.0863. The predicted molar refractivity (Wildman–Crippen MR) is 63.6 cm³/mol. The summed E-state index contributed by atoms with van der Waals surface area (Å²) in [5, 5.41) is 0. The topological polar surface area (TPSA) is 39.2 Å². The molecule has 1 rings (SSSR count). The molecule has 0 unspecified atom stereocenters. The first-order valence-corrected chi connectivity index (χ1v) is 5.46. The van der Waals surface area contributed by atoms with Crippen LogP contribution in [-0.4, -0.2) is 23.5 Å². The van der Waals surface area contributed by atoms with E-state index in [0.717, 1.165) is 5.56 Å². The van der Waals surface area contributed by atoms with E-state index in [4.69, 9.17) is 4.74 Å². The lowest BCUT2D eigenvalue weighted by atomic mass is 9.98. The van der Waals surface area contributed by atoms with E-state index in [-0.39, 0.29) is 11.4 Å². The van der Waals surface area contributed by atoms with Crippen LogP contribution in [0.2, 0.25) is 0 Å². The molecule has 0 fully saturated rings. The minimum Gasteiger partial charge on any atom is -0.379 e. The number of ketones is 1. The first-order chi connectivity index (χ1) is 7.46. The highest BCUT2D eigenvalue weighted by atomic mass is 16.5. The van der Waals surface area contributed by atoms with Gasteiger partial charge in [0.15, 0.2) is 5.78 Å². The summed E-state index contributed by atoms with van der Waals surface area (Å²) in [5.41, 5.74) is 1.26. The van der Waals surface area contributed by atoms with Crippen molar-refractivity contribution in [1.29, 1.82) is 0 Å². The molecule has 0 aliphatic rings. The van der Waals surface area contributed by atoms with Gasteiger partial charge in [0.1, 0.15) is 5.69 Å². The number of carbonyl (C=O) groups excluding carboxylic acids is 1. The zero-order valence-electron chi connectivity index (χ0n) is 10.4. The Kier molecular flexibility index (Phi) is 4.19. The molecular formula is C13H19NO2. The number of methoxy groups -OCH3 is 1. The normalized spacial score (nSPS) is 11.5. The molecule has 3 nitrogen and oxygen atoms in total. The van der Waals surface area contributed by atoms with Gasteiger partial charge in [0, 0.05) is 19.7 Å². The maximum absolute atomic E-state index is 11.9. The van der Waals surface area contributed by atoms with E-state index in [0.29, 0.717) is 18.5 Å². The summed E-state index contributed by atoms with van der Waals surface area (Å²) in [6.45, 7) is 5.86. The summed E-state index contributed by atoms with van der Waals surface area (Å²) in [6, 6.07) is 3.74. The van der Waals surface area contributed by atoms with Crippen LogP contribution in [0.15, 0.2) is 18.3 Å². The van der Waals surface area contributed by atoms with Gasteiger partial charge in [-0.3, -0.25) is 9.78 Å². The molecule has 0 radical (unpaired) electrons. The van der Waals surface area contributed by atoms with Crippen molar-refractivity contribution in [2.24, 2.45) is 0 Å². The molecule has 0 aromatic carbocycles. The van der Waals surface area contributed by atoms with Gasteiger partial charge in [0.2, 0.25) is 0 Å². The first kappa shape index (κ1) is 12.8. The van der Waals surface area contributed by atoms with Crippen LogP contribution in [0.5, 0.6) is 0 Å². The quantitative estimate of drug-likeness (QED) is 0.718. The fourth-order valence-electron chi connectivity index (χ4n) is 1.41. The lowest BCUT2D eigenvalue weighted by molar-refractivity contribution is 0.0141. The van der Waals surface area contributed by atoms with E-state index >= 15 is 0 Å². The van der Waals surface area contributed by atoms with E-state index in [1.54, 1.807) is 13.3 Å². The van der Waals surface area contributed by atoms with E-state index < -0.39 is 0 Å². The maximum atomic E-state index is 11.9. The van der Waals surface area contributed by atoms with Gasteiger partial charge in [-0.15, -0.1) is 0 Å². The molecule has 0 aliphatic carbocycles. The van der Waals surface area contributed by atoms with Crippen molar-refractivity contribution in [3.63, 3.8) is 0 Å². The van der Waals surface area contributed by atoms with Gasteiger partial charge < -0.3 is 4.74 Å². The third kappa shape index (κ3) is 3.42. The highest BCUT2D eigenvalue weighted by Gasteiger charge is 2.19. The molecule has 88 valence electrons. The molecule has 16 heavy (non-hydrogen) atoms. The van der Waals surface area contributed by atoms with Crippen molar-refractivity contribution >= 4 is 5.78 Å². The highest BCUT2D eigenvalue weighted by molar-refractivity contribution is 5.95. The first-order valence-electron chi connectivity index (χ1n) is 5.46. The molecule has 0 spiro atoms. The molecule has 3 heteroatoms. The van der Waals surface area contributed by atoms with Gasteiger partial charge in [-0.1, -0.05) is 6.07 Å². The Balaban J connectivity index is 2.64. The Morgan fingerprint density at radius 2 is 2.19 bits per heavy atom. The average molecular weight is 221 g/mol. The lowest BCUT2D eigenvalue weighted by Crippen LogP contribution is -2.23. The summed E-state index contributed by atoms with van der Waals surface area (Å²) in [5.74, 6) is 0.0863. The van der Waals surface area contributed by atoms with Crippen LogP contribution in [0.1, 0.15) is 42.7 Å². The number of aromatic nitrogens is 1. The van der Waals surface area contributed by atoms with Crippen LogP contribution in [0.4, 0.5) is 0 Å². The molecule has 0 bridgehead atoms. The van der Waals surface area contributed by atoms with Crippen LogP contribution in [0, 0.1) is 6.92 Å². The molecule has 0 atom stereocenters. The Morgan fingerprint density at radius 3 is 2.75 bits per heavy atom. The molecule has 0 aliphatic heterocycles. The number of nitrogens with zero attached hydrogens (tertiary/aromatic N) is 1. The van der Waals surface area contributed by atoms with Crippen LogP contribution >= 0.6 is 0 Å². The third-order valence-electron chi connectivity index (χ3n) is 2.78. The number of aryl methyl sites for hydroxylation is 1. The van der Waals surface area contributed by atoms with Gasteiger partial charge in [0.05, 0.1) is 5.60 Å². The number of Topliss-reactive ketones (excluding diaryl/α,β-unsaturated/α-hetero) is 1. The van der Waals surface area contributed by atoms with E-state index in [9.17, 15) is 4.79 Å². The van der Waals surface area contributed by atoms with Crippen molar-refractivity contribution in [2.75, 3.05) is 7.11 Å². The largest absolute Gasteiger partial charge is 0.379 e. The molecule has 1 heterocycles. The van der Waals surface area contributed by atoms with Crippen molar-refractivity contribution in [2.45, 2.75) is 39.2 Å². The van der Waals surface area contributed by atoms with Gasteiger partial charge in [-0.2, -0.15) is 0 Å². The Labute approximate surface area is 96.8 Å². The second-order valence-electron chi connectivity index (χ2n) is 4.56. The molecule has 0 amide bonds. The standard InChI is InChI=1S/C13H19NO2/c1-10-6-5-9-14-12(10)11(15)7-8-13(2,3)16-4/h5-6,9H,7-8H2,1-4H3. The second-order valence-corrected chi connectivity index (χ2v) is 4.56. The summed E-state index contributed by atoms with van der Waals surface area (Å²) < 4.78 is 5.28. The van der Waals surface area contributed by atoms with Crippen molar-refractivity contribution in [1.82, 2.24) is 4.98 Å². The maximum Gasteiger partial charge on any atom is 0.181 e. The van der Waals surface area contributed by atoms with E-state index in [2.05, 4.69) is 4.98 Å². The van der Waals surface area contributed by atoms with Crippen molar-refractivity contribution in [3.8, 4) is 0 Å². The van der Waals surface area contributed by atoms with Gasteiger partial charge in [0.25, 0.3) is 0 Å². The molecule has 0 saturated heterocycles. The highest BCUT2D eigenvalue weighted by Crippen LogP contribution is 2.17. The monoisotopic (exact) mass is 221 g/mol. The Hall–Kier alpha value is -1.22. The smallest absolute Gasteiger partial charge is 0.181 e. The molecule has 1 aromatic heterocycles. The van der Waals surface area contributed by atoms with Crippen LogP contribution in [0.25, 0.3) is 0 Å². The number of hydrogen-bond donors (Lipinski definition) is 0. The number of rotatable bonds is 5. The average Bonchev–Trinajstić information content (AvgIpc) is 2.27. The fourth-order valence-corrected chi connectivity index (χ4v) is 1.41. The summed E-state index contributed by atoms with van der Waals surface area (Å²) in [7, 11) is 1.66. The number of carbonyl (C=O) groups is 1.